The number of benzene rings is 2. The van der Waals surface area contributed by atoms with Gasteiger partial charge in [-0.3, -0.25) is 9.59 Å². The van der Waals surface area contributed by atoms with Crippen LogP contribution in [0.15, 0.2) is 34.8 Å². The molecule has 2 N–H and O–H groups in total. The Kier molecular flexibility index (Phi) is 9.40. The van der Waals surface area contributed by atoms with Crippen molar-refractivity contribution in [2.75, 3.05) is 24.5 Å². The molecular formula is C27H26BrCl3FN3O3. The van der Waals surface area contributed by atoms with Gasteiger partial charge in [-0.15, -0.1) is 0 Å². The number of nitrogens with one attached hydrogen (secondary N) is 1. The molecule has 4 rings (SSSR count). The molecule has 0 saturated carbocycles. The first-order valence-electron chi connectivity index (χ1n) is 12.2. The van der Waals surface area contributed by atoms with Gasteiger partial charge in [0.05, 0.1) is 27.7 Å². The molecule has 0 spiro atoms. The number of rotatable bonds is 8. The number of carbonyl (C=O) groups is 2. The van der Waals surface area contributed by atoms with Crippen LogP contribution in [-0.2, 0) is 4.79 Å². The number of carbonyl (C=O) groups excluding carboxylic acids is 1. The summed E-state index contributed by atoms with van der Waals surface area (Å²) >= 11 is 22.6. The van der Waals surface area contributed by atoms with E-state index in [1.165, 1.54) is 0 Å². The van der Waals surface area contributed by atoms with Gasteiger partial charge in [-0.05, 0) is 62.1 Å². The molecule has 2 aromatic carbocycles. The number of amides is 1. The van der Waals surface area contributed by atoms with Crippen LogP contribution in [0.2, 0.25) is 15.1 Å². The maximum Gasteiger partial charge on any atom is 0.303 e. The molecule has 6 nitrogen and oxygen atoms in total. The standard InChI is InChI=1S/C27H26BrCl3FN3O3/c1-14-23(18-11-16(28)5-8-21(18)34-26(14)35-10-2-3-17(32)13-35)27(38)33-12-15(4-9-22(36)37)24-19(29)6-7-20(30)25(24)31/h5-8,11,15,17H,2-4,9-10,12-13H2,1H3,(H,33,38)(H,36,37)/t15-,17+/m0/s1. The number of nitrogens with zero attached hydrogens (tertiary/aromatic N) is 2. The lowest BCUT2D eigenvalue weighted by molar-refractivity contribution is -0.137. The maximum absolute atomic E-state index is 14.2. The lowest BCUT2D eigenvalue weighted by Crippen LogP contribution is -2.38. The first-order valence-corrected chi connectivity index (χ1v) is 14.1. The van der Waals surface area contributed by atoms with E-state index in [4.69, 9.17) is 39.8 Å². The summed E-state index contributed by atoms with van der Waals surface area (Å²) < 4.78 is 15.0. The first kappa shape index (κ1) is 28.9. The molecule has 202 valence electrons. The minimum absolute atomic E-state index is 0.0781. The molecule has 38 heavy (non-hydrogen) atoms. The zero-order valence-corrected chi connectivity index (χ0v) is 24.4. The second-order valence-electron chi connectivity index (χ2n) is 9.38. The molecule has 11 heteroatoms. The van der Waals surface area contributed by atoms with E-state index in [2.05, 4.69) is 21.2 Å². The van der Waals surface area contributed by atoms with Crippen LogP contribution in [0.3, 0.4) is 0 Å². The van der Waals surface area contributed by atoms with Crippen molar-refractivity contribution in [2.45, 2.75) is 44.7 Å². The third kappa shape index (κ3) is 6.36. The molecule has 2 heterocycles. The minimum Gasteiger partial charge on any atom is -0.481 e. The van der Waals surface area contributed by atoms with Crippen LogP contribution in [0, 0.1) is 6.92 Å². The quantitative estimate of drug-likeness (QED) is 0.247. The van der Waals surface area contributed by atoms with Crippen LogP contribution in [0.5, 0.6) is 0 Å². The summed E-state index contributed by atoms with van der Waals surface area (Å²) in [6, 6.07) is 8.65. The summed E-state index contributed by atoms with van der Waals surface area (Å²) in [5.41, 5.74) is 2.17. The molecule has 2 atom stereocenters. The monoisotopic (exact) mass is 643 g/mol. The SMILES string of the molecule is Cc1c(N2CCC[C@@H](F)C2)nc2ccc(Br)cc2c1C(=O)NC[C@H](CCC(=O)O)c1c(Cl)ccc(Cl)c1Cl. The second-order valence-corrected chi connectivity index (χ2v) is 11.5. The fraction of sp³-hybridized carbons (Fsp3) is 0.370. The molecule has 1 aromatic heterocycles. The predicted molar refractivity (Wildman–Crippen MR) is 154 cm³/mol. The number of pyridine rings is 1. The van der Waals surface area contributed by atoms with Crippen LogP contribution >= 0.6 is 50.7 Å². The predicted octanol–water partition coefficient (Wildman–Crippen LogP) is 7.58. The Morgan fingerprint density at radius 3 is 2.68 bits per heavy atom. The Morgan fingerprint density at radius 1 is 1.24 bits per heavy atom. The van der Waals surface area contributed by atoms with Crippen molar-refractivity contribution in [3.05, 3.63) is 66.6 Å². The topological polar surface area (TPSA) is 82.5 Å². The van der Waals surface area contributed by atoms with E-state index in [-0.39, 0.29) is 41.9 Å². The number of hydrogen-bond acceptors (Lipinski definition) is 4. The number of piperidine rings is 1. The largest absolute Gasteiger partial charge is 0.481 e. The normalized spacial score (nSPS) is 16.5. The van der Waals surface area contributed by atoms with E-state index in [1.807, 2.05) is 30.0 Å². The number of carboxylic acid groups (broad SMARTS) is 1. The summed E-state index contributed by atoms with van der Waals surface area (Å²) in [7, 11) is 0. The van der Waals surface area contributed by atoms with Crippen LogP contribution < -0.4 is 10.2 Å². The summed E-state index contributed by atoms with van der Waals surface area (Å²) in [6.45, 7) is 2.77. The van der Waals surface area contributed by atoms with Gasteiger partial charge in [0, 0.05) is 45.9 Å². The lowest BCUT2D eigenvalue weighted by Gasteiger charge is -2.32. The van der Waals surface area contributed by atoms with Gasteiger partial charge in [-0.1, -0.05) is 50.7 Å². The highest BCUT2D eigenvalue weighted by Gasteiger charge is 2.27. The number of alkyl halides is 1. The highest BCUT2D eigenvalue weighted by molar-refractivity contribution is 9.10. The Hall–Kier alpha value is -2.13. The smallest absolute Gasteiger partial charge is 0.303 e. The number of carboxylic acids is 1. The van der Waals surface area contributed by atoms with Crippen molar-refractivity contribution in [1.82, 2.24) is 10.3 Å². The molecule has 0 bridgehead atoms. The van der Waals surface area contributed by atoms with Crippen molar-refractivity contribution in [1.29, 1.82) is 0 Å². The number of aromatic nitrogens is 1. The molecule has 1 fully saturated rings. The number of fused-ring (bicyclic) bond motifs is 1. The van der Waals surface area contributed by atoms with Crippen molar-refractivity contribution >= 4 is 79.3 Å². The molecular weight excluding hydrogens is 620 g/mol. The molecule has 0 radical (unpaired) electrons. The fourth-order valence-corrected chi connectivity index (χ4v) is 6.11. The number of aliphatic carboxylic acids is 1. The molecule has 1 amide bonds. The first-order chi connectivity index (χ1) is 18.1. The highest BCUT2D eigenvalue weighted by atomic mass is 79.9. The van der Waals surface area contributed by atoms with Gasteiger partial charge in [0.2, 0.25) is 0 Å². The van der Waals surface area contributed by atoms with E-state index in [0.717, 1.165) is 4.47 Å². The minimum atomic E-state index is -0.978. The molecule has 1 aliphatic heterocycles. The van der Waals surface area contributed by atoms with E-state index in [1.54, 1.807) is 12.1 Å². The Bertz CT molecular complexity index is 1390. The Balaban J connectivity index is 1.71. The summed E-state index contributed by atoms with van der Waals surface area (Å²) in [6.07, 6.45) is 0.302. The van der Waals surface area contributed by atoms with Crippen LogP contribution in [0.1, 0.15) is 53.1 Å². The highest BCUT2D eigenvalue weighted by Crippen LogP contribution is 2.38. The van der Waals surface area contributed by atoms with Crippen molar-refractivity contribution < 1.29 is 19.1 Å². The molecule has 0 aliphatic carbocycles. The van der Waals surface area contributed by atoms with E-state index in [0.29, 0.717) is 57.8 Å². The van der Waals surface area contributed by atoms with E-state index < -0.39 is 18.1 Å². The van der Waals surface area contributed by atoms with Crippen molar-refractivity contribution in [3.63, 3.8) is 0 Å². The van der Waals surface area contributed by atoms with Crippen molar-refractivity contribution in [2.24, 2.45) is 0 Å². The van der Waals surface area contributed by atoms with E-state index >= 15 is 0 Å². The Labute approximate surface area is 243 Å². The maximum atomic E-state index is 14.2. The van der Waals surface area contributed by atoms with Crippen LogP contribution in [0.25, 0.3) is 10.9 Å². The third-order valence-corrected chi connectivity index (χ3v) is 8.40. The van der Waals surface area contributed by atoms with E-state index in [9.17, 15) is 19.1 Å². The molecule has 0 unspecified atom stereocenters. The van der Waals surface area contributed by atoms with Crippen LogP contribution in [0.4, 0.5) is 10.2 Å². The lowest BCUT2D eigenvalue weighted by atomic mass is 9.93. The van der Waals surface area contributed by atoms with Crippen LogP contribution in [-0.4, -0.2) is 47.8 Å². The zero-order chi connectivity index (χ0) is 27.6. The summed E-state index contributed by atoms with van der Waals surface area (Å²) in [5.74, 6) is -1.26. The number of hydrogen-bond donors (Lipinski definition) is 2. The Morgan fingerprint density at radius 2 is 1.97 bits per heavy atom. The van der Waals surface area contributed by atoms with Gasteiger partial charge in [-0.2, -0.15) is 0 Å². The molecule has 1 saturated heterocycles. The van der Waals surface area contributed by atoms with Gasteiger partial charge in [-0.25, -0.2) is 9.37 Å². The molecule has 3 aromatic rings. The average molecular weight is 646 g/mol. The van der Waals surface area contributed by atoms with Gasteiger partial charge in [0.1, 0.15) is 12.0 Å². The van der Waals surface area contributed by atoms with Gasteiger partial charge in [0.25, 0.3) is 5.91 Å². The van der Waals surface area contributed by atoms with Gasteiger partial charge >= 0.3 is 5.97 Å². The average Bonchev–Trinajstić information content (AvgIpc) is 2.87. The number of anilines is 1. The fourth-order valence-electron chi connectivity index (χ4n) is 4.90. The van der Waals surface area contributed by atoms with Gasteiger partial charge in [0.15, 0.2) is 0 Å². The second kappa shape index (κ2) is 12.4. The third-order valence-electron chi connectivity index (χ3n) is 6.76. The zero-order valence-electron chi connectivity index (χ0n) is 20.5. The van der Waals surface area contributed by atoms with Gasteiger partial charge < -0.3 is 15.3 Å². The number of halogens is 5. The van der Waals surface area contributed by atoms with Crippen molar-refractivity contribution in [3.8, 4) is 0 Å². The molecule has 1 aliphatic rings. The summed E-state index contributed by atoms with van der Waals surface area (Å²) in [5, 5.41) is 13.7. The summed E-state index contributed by atoms with van der Waals surface area (Å²) in [4.78, 5) is 31.8.